The summed E-state index contributed by atoms with van der Waals surface area (Å²) in [5.41, 5.74) is 6.67. The average Bonchev–Trinajstić information content (AvgIpc) is 2.29. The highest BCUT2D eigenvalue weighted by Crippen LogP contribution is 2.24. The Morgan fingerprint density at radius 3 is 2.59 bits per heavy atom. The van der Waals surface area contributed by atoms with Crippen LogP contribution >= 0.6 is 0 Å². The number of nitrogens with two attached hydrogens (primary N) is 1. The van der Waals surface area contributed by atoms with Crippen molar-refractivity contribution in [2.45, 2.75) is 0 Å². The zero-order valence-electron chi connectivity index (χ0n) is 9.92. The highest BCUT2D eigenvalue weighted by molar-refractivity contribution is 5.50. The molecule has 0 bridgehead atoms. The van der Waals surface area contributed by atoms with Crippen LogP contribution in [0.1, 0.15) is 0 Å². The molecule has 2 rings (SSSR count). The second kappa shape index (κ2) is 4.74. The van der Waals surface area contributed by atoms with E-state index in [0.717, 1.165) is 11.4 Å². The van der Waals surface area contributed by atoms with Gasteiger partial charge in [0.25, 0.3) is 0 Å². The Morgan fingerprint density at radius 2 is 1.88 bits per heavy atom. The molecule has 0 atom stereocenters. The van der Waals surface area contributed by atoms with Gasteiger partial charge in [-0.05, 0) is 18.2 Å². The summed E-state index contributed by atoms with van der Waals surface area (Å²) in [6.07, 6.45) is 0. The maximum absolute atomic E-state index is 5.63. The Labute approximate surface area is 101 Å². The van der Waals surface area contributed by atoms with Crippen LogP contribution in [-0.2, 0) is 0 Å². The molecular weight excluding hydrogens is 214 g/mol. The number of nitrogen functional groups attached to an aromatic ring is 1. The van der Waals surface area contributed by atoms with E-state index in [2.05, 4.69) is 4.98 Å². The van der Waals surface area contributed by atoms with E-state index in [1.807, 2.05) is 49.3 Å². The smallest absolute Gasteiger partial charge is 0.221 e. The minimum atomic E-state index is 0.450. The standard InChI is InChI=1S/C13H15N3O/c1-16(2)10-5-3-6-11(9-10)17-13-8-4-7-12(14)15-13/h3-9H,1-2H3,(H2,14,15). The molecule has 1 aromatic heterocycles. The number of hydrogen-bond acceptors (Lipinski definition) is 4. The first kappa shape index (κ1) is 11.3. The van der Waals surface area contributed by atoms with Crippen molar-refractivity contribution in [1.29, 1.82) is 0 Å². The van der Waals surface area contributed by atoms with Gasteiger partial charge in [0.2, 0.25) is 5.88 Å². The van der Waals surface area contributed by atoms with Crippen LogP contribution in [0, 0.1) is 0 Å². The average molecular weight is 229 g/mol. The minimum Gasteiger partial charge on any atom is -0.439 e. The quantitative estimate of drug-likeness (QED) is 0.878. The zero-order chi connectivity index (χ0) is 12.3. The van der Waals surface area contributed by atoms with E-state index in [1.165, 1.54) is 0 Å². The van der Waals surface area contributed by atoms with Gasteiger partial charge in [-0.15, -0.1) is 0 Å². The van der Waals surface area contributed by atoms with Crippen LogP contribution in [0.3, 0.4) is 0 Å². The van der Waals surface area contributed by atoms with Gasteiger partial charge < -0.3 is 15.4 Å². The lowest BCUT2D eigenvalue weighted by atomic mass is 10.3. The lowest BCUT2D eigenvalue weighted by Crippen LogP contribution is -2.08. The largest absolute Gasteiger partial charge is 0.439 e. The van der Waals surface area contributed by atoms with Gasteiger partial charge in [-0.2, -0.15) is 4.98 Å². The summed E-state index contributed by atoms with van der Waals surface area (Å²) in [5, 5.41) is 0. The molecule has 88 valence electrons. The molecule has 1 aromatic carbocycles. The Hall–Kier alpha value is -2.23. The van der Waals surface area contributed by atoms with Gasteiger partial charge in [0.1, 0.15) is 11.6 Å². The van der Waals surface area contributed by atoms with Crippen molar-refractivity contribution in [2.24, 2.45) is 0 Å². The fraction of sp³-hybridized carbons (Fsp3) is 0.154. The highest BCUT2D eigenvalue weighted by Gasteiger charge is 2.01. The molecule has 4 nitrogen and oxygen atoms in total. The zero-order valence-corrected chi connectivity index (χ0v) is 9.92. The molecule has 0 aliphatic rings. The first-order valence-electron chi connectivity index (χ1n) is 5.33. The van der Waals surface area contributed by atoms with Crippen LogP contribution in [0.2, 0.25) is 0 Å². The number of aromatic nitrogens is 1. The van der Waals surface area contributed by atoms with E-state index in [4.69, 9.17) is 10.5 Å². The highest BCUT2D eigenvalue weighted by atomic mass is 16.5. The second-order valence-corrected chi connectivity index (χ2v) is 3.89. The van der Waals surface area contributed by atoms with E-state index in [-0.39, 0.29) is 0 Å². The monoisotopic (exact) mass is 229 g/mol. The Morgan fingerprint density at radius 1 is 1.12 bits per heavy atom. The predicted molar refractivity (Wildman–Crippen MR) is 69.5 cm³/mol. The van der Waals surface area contributed by atoms with E-state index in [9.17, 15) is 0 Å². The molecule has 0 saturated heterocycles. The summed E-state index contributed by atoms with van der Waals surface area (Å²) < 4.78 is 5.63. The maximum atomic E-state index is 5.63. The Balaban J connectivity index is 2.21. The van der Waals surface area contributed by atoms with Crippen LogP contribution in [0.15, 0.2) is 42.5 Å². The van der Waals surface area contributed by atoms with Crippen molar-refractivity contribution in [3.8, 4) is 11.6 Å². The normalized spacial score (nSPS) is 10.0. The summed E-state index contributed by atoms with van der Waals surface area (Å²) in [4.78, 5) is 6.10. The third kappa shape index (κ3) is 2.87. The molecule has 1 heterocycles. The van der Waals surface area contributed by atoms with Gasteiger partial charge in [0, 0.05) is 31.9 Å². The van der Waals surface area contributed by atoms with E-state index < -0.39 is 0 Å². The number of hydrogen-bond donors (Lipinski definition) is 1. The van der Waals surface area contributed by atoms with Crippen molar-refractivity contribution >= 4 is 11.5 Å². The van der Waals surface area contributed by atoms with Crippen LogP contribution in [0.5, 0.6) is 11.6 Å². The summed E-state index contributed by atoms with van der Waals surface area (Å²) in [6, 6.07) is 13.1. The van der Waals surface area contributed by atoms with Crippen molar-refractivity contribution in [3.05, 3.63) is 42.5 Å². The molecule has 2 N–H and O–H groups in total. The number of pyridine rings is 1. The van der Waals surface area contributed by atoms with Crippen molar-refractivity contribution in [1.82, 2.24) is 4.98 Å². The second-order valence-electron chi connectivity index (χ2n) is 3.89. The minimum absolute atomic E-state index is 0.450. The molecule has 0 amide bonds. The van der Waals surface area contributed by atoms with Crippen LogP contribution in [-0.4, -0.2) is 19.1 Å². The van der Waals surface area contributed by atoms with Gasteiger partial charge in [-0.3, -0.25) is 0 Å². The van der Waals surface area contributed by atoms with Gasteiger partial charge in [-0.1, -0.05) is 12.1 Å². The summed E-state index contributed by atoms with van der Waals surface area (Å²) in [6.45, 7) is 0. The lowest BCUT2D eigenvalue weighted by molar-refractivity contribution is 0.464. The molecule has 0 spiro atoms. The molecule has 2 aromatic rings. The van der Waals surface area contributed by atoms with Crippen LogP contribution in [0.25, 0.3) is 0 Å². The summed E-state index contributed by atoms with van der Waals surface area (Å²) in [7, 11) is 3.97. The molecule has 0 aliphatic carbocycles. The van der Waals surface area contributed by atoms with Crippen molar-refractivity contribution in [3.63, 3.8) is 0 Å². The van der Waals surface area contributed by atoms with Crippen LogP contribution < -0.4 is 15.4 Å². The Kier molecular flexibility index (Phi) is 3.14. The summed E-state index contributed by atoms with van der Waals surface area (Å²) in [5.74, 6) is 1.70. The molecule has 0 radical (unpaired) electrons. The number of anilines is 2. The van der Waals surface area contributed by atoms with Crippen LogP contribution in [0.4, 0.5) is 11.5 Å². The van der Waals surface area contributed by atoms with Gasteiger partial charge in [-0.25, -0.2) is 0 Å². The third-order valence-corrected chi connectivity index (χ3v) is 2.30. The topological polar surface area (TPSA) is 51.4 Å². The molecule has 17 heavy (non-hydrogen) atoms. The molecule has 4 heteroatoms. The van der Waals surface area contributed by atoms with Crippen molar-refractivity contribution in [2.75, 3.05) is 24.7 Å². The molecule has 0 unspecified atom stereocenters. The van der Waals surface area contributed by atoms with E-state index >= 15 is 0 Å². The number of ether oxygens (including phenoxy) is 1. The number of nitrogens with zero attached hydrogens (tertiary/aromatic N) is 2. The third-order valence-electron chi connectivity index (χ3n) is 2.30. The first-order chi connectivity index (χ1) is 8.15. The fourth-order valence-electron chi connectivity index (χ4n) is 1.43. The van der Waals surface area contributed by atoms with Gasteiger partial charge in [0.15, 0.2) is 0 Å². The van der Waals surface area contributed by atoms with Gasteiger partial charge in [0.05, 0.1) is 0 Å². The first-order valence-corrected chi connectivity index (χ1v) is 5.33. The Bertz CT molecular complexity index is 512. The fourth-order valence-corrected chi connectivity index (χ4v) is 1.43. The SMILES string of the molecule is CN(C)c1cccc(Oc2cccc(N)n2)c1. The predicted octanol–water partition coefficient (Wildman–Crippen LogP) is 2.52. The van der Waals surface area contributed by atoms with Crippen molar-refractivity contribution < 1.29 is 4.74 Å². The van der Waals surface area contributed by atoms with Gasteiger partial charge >= 0.3 is 0 Å². The van der Waals surface area contributed by atoms with E-state index in [0.29, 0.717) is 11.7 Å². The number of benzene rings is 1. The molecular formula is C13H15N3O. The molecule has 0 saturated carbocycles. The maximum Gasteiger partial charge on any atom is 0.221 e. The lowest BCUT2D eigenvalue weighted by Gasteiger charge is -2.13. The van der Waals surface area contributed by atoms with E-state index in [1.54, 1.807) is 12.1 Å². The molecule has 0 aliphatic heterocycles. The number of rotatable bonds is 3. The molecule has 0 fully saturated rings. The summed E-state index contributed by atoms with van der Waals surface area (Å²) >= 11 is 0.